The molecule has 1 atom stereocenters. The van der Waals surface area contributed by atoms with Crippen LogP contribution >= 0.6 is 11.6 Å². The van der Waals surface area contributed by atoms with Gasteiger partial charge in [0, 0.05) is 26.7 Å². The highest BCUT2D eigenvalue weighted by Crippen LogP contribution is 2.22. The van der Waals surface area contributed by atoms with Crippen LogP contribution in [0, 0.1) is 17.6 Å². The van der Waals surface area contributed by atoms with E-state index in [4.69, 9.17) is 16.3 Å². The van der Waals surface area contributed by atoms with E-state index in [2.05, 4.69) is 10.2 Å². The number of hydrogen-bond acceptors (Lipinski definition) is 3. The lowest BCUT2D eigenvalue weighted by Crippen LogP contribution is -2.32. The van der Waals surface area contributed by atoms with Crippen molar-refractivity contribution < 1.29 is 18.3 Å². The second-order valence-electron chi connectivity index (χ2n) is 5.38. The SMILES string of the molecule is COCCN1CC[C@H](CNC(=O)c2ccc(F)c(Cl)c2F)C1. The molecule has 1 aliphatic rings. The Kier molecular flexibility index (Phi) is 6.11. The highest BCUT2D eigenvalue weighted by molar-refractivity contribution is 6.31. The van der Waals surface area contributed by atoms with Crippen molar-refractivity contribution in [1.82, 2.24) is 10.2 Å². The molecule has 0 spiro atoms. The highest BCUT2D eigenvalue weighted by atomic mass is 35.5. The smallest absolute Gasteiger partial charge is 0.254 e. The van der Waals surface area contributed by atoms with E-state index >= 15 is 0 Å². The van der Waals surface area contributed by atoms with E-state index in [1.165, 1.54) is 0 Å². The number of halogens is 3. The first kappa shape index (κ1) is 17.1. The van der Waals surface area contributed by atoms with Crippen molar-refractivity contribution in [1.29, 1.82) is 0 Å². The highest BCUT2D eigenvalue weighted by Gasteiger charge is 2.23. The number of nitrogens with one attached hydrogen (secondary N) is 1. The van der Waals surface area contributed by atoms with Gasteiger partial charge in [-0.2, -0.15) is 0 Å². The summed E-state index contributed by atoms with van der Waals surface area (Å²) in [7, 11) is 1.66. The van der Waals surface area contributed by atoms with Gasteiger partial charge in [-0.15, -0.1) is 0 Å². The summed E-state index contributed by atoms with van der Waals surface area (Å²) < 4.78 is 31.9. The lowest BCUT2D eigenvalue weighted by Gasteiger charge is -2.15. The first-order valence-electron chi connectivity index (χ1n) is 7.16. The molecule has 1 aliphatic heterocycles. The average Bonchev–Trinajstić information content (AvgIpc) is 2.96. The van der Waals surface area contributed by atoms with Gasteiger partial charge < -0.3 is 15.0 Å². The molecule has 0 unspecified atom stereocenters. The summed E-state index contributed by atoms with van der Waals surface area (Å²) in [5, 5.41) is 2.03. The first-order valence-corrected chi connectivity index (χ1v) is 7.53. The Morgan fingerprint density at radius 2 is 2.27 bits per heavy atom. The zero-order valence-electron chi connectivity index (χ0n) is 12.4. The van der Waals surface area contributed by atoms with Gasteiger partial charge in [0.2, 0.25) is 0 Å². The van der Waals surface area contributed by atoms with Gasteiger partial charge in [-0.25, -0.2) is 8.78 Å². The van der Waals surface area contributed by atoms with Crippen LogP contribution in [0.2, 0.25) is 5.02 Å². The molecule has 0 aromatic heterocycles. The number of ether oxygens (including phenoxy) is 1. The van der Waals surface area contributed by atoms with Gasteiger partial charge in [0.25, 0.3) is 5.91 Å². The molecule has 2 rings (SSSR count). The largest absolute Gasteiger partial charge is 0.383 e. The Morgan fingerprint density at radius 1 is 1.50 bits per heavy atom. The van der Waals surface area contributed by atoms with Gasteiger partial charge in [0.1, 0.15) is 10.8 Å². The Bertz CT molecular complexity index is 543. The molecule has 1 N–H and O–H groups in total. The minimum absolute atomic E-state index is 0.236. The molecule has 0 saturated carbocycles. The topological polar surface area (TPSA) is 41.6 Å². The van der Waals surface area contributed by atoms with E-state index < -0.39 is 22.6 Å². The Labute approximate surface area is 133 Å². The average molecular weight is 333 g/mol. The van der Waals surface area contributed by atoms with E-state index in [0.717, 1.165) is 38.2 Å². The van der Waals surface area contributed by atoms with Crippen LogP contribution in [-0.4, -0.2) is 50.7 Å². The molecule has 1 heterocycles. The van der Waals surface area contributed by atoms with Crippen molar-refractivity contribution >= 4 is 17.5 Å². The summed E-state index contributed by atoms with van der Waals surface area (Å²) in [6.45, 7) is 3.83. The third-order valence-corrected chi connectivity index (χ3v) is 4.16. The maximum Gasteiger partial charge on any atom is 0.254 e. The molecule has 1 saturated heterocycles. The monoisotopic (exact) mass is 332 g/mol. The Hall–Kier alpha value is -1.24. The van der Waals surface area contributed by atoms with Crippen LogP contribution in [0.1, 0.15) is 16.8 Å². The second-order valence-corrected chi connectivity index (χ2v) is 5.76. The van der Waals surface area contributed by atoms with Gasteiger partial charge in [-0.3, -0.25) is 4.79 Å². The zero-order valence-corrected chi connectivity index (χ0v) is 13.1. The molecule has 1 fully saturated rings. The van der Waals surface area contributed by atoms with Crippen LogP contribution in [0.3, 0.4) is 0 Å². The Morgan fingerprint density at radius 3 is 3.00 bits per heavy atom. The normalized spacial score (nSPS) is 18.6. The van der Waals surface area contributed by atoms with Crippen molar-refractivity contribution in [2.45, 2.75) is 6.42 Å². The molecule has 1 amide bonds. The number of benzene rings is 1. The van der Waals surface area contributed by atoms with E-state index in [0.29, 0.717) is 19.1 Å². The third-order valence-electron chi connectivity index (χ3n) is 3.81. The standard InChI is InChI=1S/C15H19ClF2N2O2/c1-22-7-6-20-5-4-10(9-20)8-19-15(21)11-2-3-12(17)13(16)14(11)18/h2-3,10H,4-9H2,1H3,(H,19,21)/t10-/m1/s1. The first-order chi connectivity index (χ1) is 10.5. The van der Waals surface area contributed by atoms with Crippen molar-refractivity contribution in [3.63, 3.8) is 0 Å². The molecule has 122 valence electrons. The van der Waals surface area contributed by atoms with Gasteiger partial charge in [0.15, 0.2) is 5.82 Å². The van der Waals surface area contributed by atoms with Crippen LogP contribution < -0.4 is 5.32 Å². The van der Waals surface area contributed by atoms with Crippen molar-refractivity contribution in [3.05, 3.63) is 34.4 Å². The maximum atomic E-state index is 13.8. The van der Waals surface area contributed by atoms with Crippen LogP contribution in [-0.2, 0) is 4.74 Å². The molecule has 0 radical (unpaired) electrons. The quantitative estimate of drug-likeness (QED) is 0.813. The van der Waals surface area contributed by atoms with E-state index in [1.807, 2.05) is 0 Å². The molecule has 1 aromatic rings. The van der Waals surface area contributed by atoms with E-state index in [1.54, 1.807) is 7.11 Å². The Balaban J connectivity index is 1.85. The summed E-state index contributed by atoms with van der Waals surface area (Å²) >= 11 is 5.47. The number of amides is 1. The number of carbonyl (C=O) groups excluding carboxylic acids is 1. The van der Waals surface area contributed by atoms with Crippen molar-refractivity contribution in [2.75, 3.05) is 39.9 Å². The number of rotatable bonds is 6. The predicted molar refractivity (Wildman–Crippen MR) is 80.1 cm³/mol. The maximum absolute atomic E-state index is 13.8. The zero-order chi connectivity index (χ0) is 16.1. The summed E-state index contributed by atoms with van der Waals surface area (Å²) in [5.41, 5.74) is -0.236. The third kappa shape index (κ3) is 4.15. The summed E-state index contributed by atoms with van der Waals surface area (Å²) in [6.07, 6.45) is 0.969. The minimum atomic E-state index is -1.02. The lowest BCUT2D eigenvalue weighted by molar-refractivity contribution is 0.0942. The molecular weight excluding hydrogens is 314 g/mol. The van der Waals surface area contributed by atoms with Gasteiger partial charge in [-0.1, -0.05) is 11.6 Å². The minimum Gasteiger partial charge on any atom is -0.383 e. The summed E-state index contributed by atoms with van der Waals surface area (Å²) in [4.78, 5) is 14.2. The second kappa shape index (κ2) is 7.85. The van der Waals surface area contributed by atoms with Gasteiger partial charge in [0.05, 0.1) is 12.2 Å². The van der Waals surface area contributed by atoms with Crippen molar-refractivity contribution in [3.8, 4) is 0 Å². The molecule has 0 bridgehead atoms. The number of carbonyl (C=O) groups is 1. The fraction of sp³-hybridized carbons (Fsp3) is 0.533. The van der Waals surface area contributed by atoms with Crippen molar-refractivity contribution in [2.24, 2.45) is 5.92 Å². The molecule has 1 aromatic carbocycles. The fourth-order valence-corrected chi connectivity index (χ4v) is 2.70. The molecule has 7 heteroatoms. The fourth-order valence-electron chi connectivity index (χ4n) is 2.54. The van der Waals surface area contributed by atoms with Crippen LogP contribution in [0.5, 0.6) is 0 Å². The molecule has 4 nitrogen and oxygen atoms in total. The molecular formula is C15H19ClF2N2O2. The number of nitrogens with zero attached hydrogens (tertiary/aromatic N) is 1. The van der Waals surface area contributed by atoms with Crippen LogP contribution in [0.25, 0.3) is 0 Å². The number of methoxy groups -OCH3 is 1. The summed E-state index contributed by atoms with van der Waals surface area (Å²) in [5.74, 6) is -2.15. The van der Waals surface area contributed by atoms with E-state index in [-0.39, 0.29) is 5.56 Å². The predicted octanol–water partition coefficient (Wildman–Crippen LogP) is 2.32. The van der Waals surface area contributed by atoms with Gasteiger partial charge in [-0.05, 0) is 31.0 Å². The van der Waals surface area contributed by atoms with Gasteiger partial charge >= 0.3 is 0 Å². The van der Waals surface area contributed by atoms with Crippen LogP contribution in [0.15, 0.2) is 12.1 Å². The molecule has 0 aliphatic carbocycles. The summed E-state index contributed by atoms with van der Waals surface area (Å²) in [6, 6.07) is 2.09. The number of likely N-dealkylation sites (tertiary alicyclic amines) is 1. The van der Waals surface area contributed by atoms with Crippen LogP contribution in [0.4, 0.5) is 8.78 Å². The molecule has 22 heavy (non-hydrogen) atoms. The van der Waals surface area contributed by atoms with E-state index in [9.17, 15) is 13.6 Å². The lowest BCUT2D eigenvalue weighted by atomic mass is 10.1. The number of hydrogen-bond donors (Lipinski definition) is 1.